The minimum atomic E-state index is -1.53. The summed E-state index contributed by atoms with van der Waals surface area (Å²) in [5.74, 6) is 6.08. The zero-order chi connectivity index (χ0) is 31.7. The SMILES string of the molecule is CO[Si](C)(C)CCCOc1cc[c]([Co](=[O])[CH]2CC[C@@]3(C)C(=CCC4C5CCC(C(C)CCCC(C)C)[C@@]5(C)CCC43)C2)cc1. The van der Waals surface area contributed by atoms with Crippen molar-refractivity contribution in [3.8, 4) is 5.75 Å². The van der Waals surface area contributed by atoms with Gasteiger partial charge in [0, 0.05) is 0 Å². The molecule has 251 valence electrons. The monoisotopic (exact) mass is 667 g/mol. The van der Waals surface area contributed by atoms with Crippen LogP contribution in [-0.2, 0) is 21.9 Å². The minimum absolute atomic E-state index is 0.266. The Labute approximate surface area is 275 Å². The molecule has 0 saturated heterocycles. The molecular formula is C39H64CoO3Si. The molecule has 1 aromatic carbocycles. The van der Waals surface area contributed by atoms with Crippen molar-refractivity contribution < 1.29 is 26.6 Å². The quantitative estimate of drug-likeness (QED) is 0.119. The Morgan fingerprint density at radius 1 is 0.955 bits per heavy atom. The van der Waals surface area contributed by atoms with E-state index in [1.807, 2.05) is 19.2 Å². The zero-order valence-electron chi connectivity index (χ0n) is 29.4. The molecule has 0 aromatic heterocycles. The summed E-state index contributed by atoms with van der Waals surface area (Å²) in [6.45, 7) is 17.8. The number of allylic oxidation sites excluding steroid dienone is 2. The van der Waals surface area contributed by atoms with E-state index in [0.717, 1.165) is 71.1 Å². The van der Waals surface area contributed by atoms with E-state index in [1.165, 1.54) is 57.8 Å². The van der Waals surface area contributed by atoms with Gasteiger partial charge in [0.1, 0.15) is 0 Å². The first-order valence-corrected chi connectivity index (χ1v) is 22.8. The Morgan fingerprint density at radius 2 is 1.70 bits per heavy atom. The van der Waals surface area contributed by atoms with Crippen molar-refractivity contribution in [1.29, 1.82) is 0 Å². The Hall–Kier alpha value is -0.757. The molecule has 0 aliphatic heterocycles. The van der Waals surface area contributed by atoms with Gasteiger partial charge < -0.3 is 0 Å². The van der Waals surface area contributed by atoms with Gasteiger partial charge >= 0.3 is 251 Å². The van der Waals surface area contributed by atoms with Crippen LogP contribution in [0.15, 0.2) is 35.9 Å². The molecule has 4 aliphatic rings. The molecule has 0 heterocycles. The van der Waals surface area contributed by atoms with Gasteiger partial charge in [0.25, 0.3) is 0 Å². The van der Waals surface area contributed by atoms with Gasteiger partial charge in [-0.3, -0.25) is 0 Å². The van der Waals surface area contributed by atoms with Crippen molar-refractivity contribution in [2.45, 2.75) is 136 Å². The molecule has 8 atom stereocenters. The van der Waals surface area contributed by atoms with E-state index >= 15 is 0 Å². The van der Waals surface area contributed by atoms with Crippen molar-refractivity contribution in [2.75, 3.05) is 13.7 Å². The number of hydrogen-bond donors (Lipinski definition) is 0. The van der Waals surface area contributed by atoms with Gasteiger partial charge in [0.15, 0.2) is 0 Å². The second-order valence-electron chi connectivity index (χ2n) is 16.7. The molecule has 1 aromatic rings. The molecule has 5 heteroatoms. The maximum absolute atomic E-state index is 13.8. The molecule has 3 fully saturated rings. The van der Waals surface area contributed by atoms with Gasteiger partial charge in [0.2, 0.25) is 0 Å². The van der Waals surface area contributed by atoms with Crippen LogP contribution in [0.3, 0.4) is 0 Å². The fourth-order valence-corrected chi connectivity index (χ4v) is 13.4. The predicted molar refractivity (Wildman–Crippen MR) is 183 cm³/mol. The number of fused-ring (bicyclic) bond motifs is 5. The number of benzene rings is 1. The van der Waals surface area contributed by atoms with Crippen molar-refractivity contribution in [1.82, 2.24) is 0 Å². The summed E-state index contributed by atoms with van der Waals surface area (Å²) in [7, 11) is 0.293. The summed E-state index contributed by atoms with van der Waals surface area (Å²) in [6, 6.07) is 9.27. The van der Waals surface area contributed by atoms with Gasteiger partial charge in [-0.25, -0.2) is 0 Å². The molecule has 6 unspecified atom stereocenters. The Bertz CT molecular complexity index is 1160. The van der Waals surface area contributed by atoms with Crippen LogP contribution in [0, 0.1) is 46.3 Å². The summed E-state index contributed by atoms with van der Waals surface area (Å²) in [5.41, 5.74) is 2.51. The van der Waals surface area contributed by atoms with Gasteiger partial charge in [-0.05, 0) is 5.92 Å². The third kappa shape index (κ3) is 7.21. The average Bonchev–Trinajstić information content (AvgIpc) is 3.36. The van der Waals surface area contributed by atoms with Crippen molar-refractivity contribution in [2.24, 2.45) is 46.3 Å². The number of hydrogen-bond acceptors (Lipinski definition) is 3. The van der Waals surface area contributed by atoms with E-state index in [4.69, 9.17) is 9.16 Å². The first kappa shape index (κ1) is 34.6. The van der Waals surface area contributed by atoms with Crippen molar-refractivity contribution in [3.63, 3.8) is 0 Å². The van der Waals surface area contributed by atoms with E-state index in [0.29, 0.717) is 17.4 Å². The van der Waals surface area contributed by atoms with Crippen LogP contribution in [-0.4, -0.2) is 22.0 Å². The van der Waals surface area contributed by atoms with Gasteiger partial charge in [0.05, 0.1) is 0 Å². The normalized spacial score (nSPS) is 34.5. The topological polar surface area (TPSA) is 35.5 Å². The third-order valence-corrected chi connectivity index (χ3v) is 18.1. The molecule has 0 N–H and O–H groups in total. The molecule has 0 spiro atoms. The van der Waals surface area contributed by atoms with Gasteiger partial charge in [-0.1, -0.05) is 20.3 Å². The first-order valence-electron chi connectivity index (χ1n) is 18.1. The number of rotatable bonds is 13. The molecular weight excluding hydrogens is 603 g/mol. The molecule has 5 rings (SSSR count). The Morgan fingerprint density at radius 3 is 2.41 bits per heavy atom. The van der Waals surface area contributed by atoms with Crippen LogP contribution in [0.1, 0.15) is 112 Å². The summed E-state index contributed by atoms with van der Waals surface area (Å²) < 4.78 is 26.5. The van der Waals surface area contributed by atoms with Crippen LogP contribution in [0.4, 0.5) is 0 Å². The summed E-state index contributed by atoms with van der Waals surface area (Å²) in [6.07, 6.45) is 18.2. The van der Waals surface area contributed by atoms with Crippen molar-refractivity contribution >= 4 is 12.8 Å². The van der Waals surface area contributed by atoms with Crippen LogP contribution in [0.2, 0.25) is 24.0 Å². The van der Waals surface area contributed by atoms with Gasteiger partial charge in [-0.2, -0.15) is 0 Å². The second-order valence-corrected chi connectivity index (χ2v) is 23.3. The van der Waals surface area contributed by atoms with E-state index in [-0.39, 0.29) is 4.85 Å². The molecule has 0 amide bonds. The molecule has 3 nitrogen and oxygen atoms in total. The molecule has 4 aliphatic carbocycles. The van der Waals surface area contributed by atoms with Crippen molar-refractivity contribution in [3.05, 3.63) is 35.9 Å². The Kier molecular flexibility index (Phi) is 11.1. The number of ether oxygens (including phenoxy) is 1. The van der Waals surface area contributed by atoms with Crippen LogP contribution >= 0.6 is 0 Å². The predicted octanol–water partition coefficient (Wildman–Crippen LogP) is 10.7. The molecule has 3 saturated carbocycles. The van der Waals surface area contributed by atoms with Crippen LogP contribution < -0.4 is 9.23 Å². The summed E-state index contributed by atoms with van der Waals surface area (Å²) >= 11 is -1.38. The fourth-order valence-electron chi connectivity index (χ4n) is 10.4. The summed E-state index contributed by atoms with van der Waals surface area (Å²) in [4.78, 5) is 0.266. The average molecular weight is 668 g/mol. The molecule has 0 bridgehead atoms. The van der Waals surface area contributed by atoms with Crippen LogP contribution in [0.5, 0.6) is 5.75 Å². The maximum atomic E-state index is 13.8. The van der Waals surface area contributed by atoms with E-state index in [1.54, 1.807) is 5.57 Å². The first-order chi connectivity index (χ1) is 20.9. The summed E-state index contributed by atoms with van der Waals surface area (Å²) in [5, 5.41) is 0. The van der Waals surface area contributed by atoms with Crippen LogP contribution in [0.25, 0.3) is 0 Å². The second kappa shape index (κ2) is 14.2. The fraction of sp³-hybridized carbons (Fsp3) is 0.795. The van der Waals surface area contributed by atoms with E-state index < -0.39 is 21.9 Å². The third-order valence-electron chi connectivity index (χ3n) is 13.2. The Balaban J connectivity index is 1.18. The zero-order valence-corrected chi connectivity index (χ0v) is 31.4. The van der Waals surface area contributed by atoms with E-state index in [9.17, 15) is 3.87 Å². The molecule has 0 radical (unpaired) electrons. The standard InChI is InChI=1S/C27H45.C12H19O2Si.Co.O/c1-19(2)9-8-10-20(3)23-14-15-24-22-13-12-21-11-6-7-17-26(21,4)25(22)16-18-27(23,24)5;1-13-15(2,3)11-7-10-14-12-8-5-4-6-9-12;;/h6,12,19-20,22-25H,7-11,13-18H2,1-5H3;5-6,8-9H,7,10-11H2,1-3H3;;/t20?,22?,23?,24?,25?,26-,27+;;;/m0.../s1. The van der Waals surface area contributed by atoms with Gasteiger partial charge in [-0.15, -0.1) is 0 Å². The molecule has 44 heavy (non-hydrogen) atoms. The van der Waals surface area contributed by atoms with E-state index in [2.05, 4.69) is 65.9 Å².